The molecule has 0 aliphatic heterocycles. The third-order valence-corrected chi connectivity index (χ3v) is 10.8. The number of rotatable bonds is 4. The first-order chi connectivity index (χ1) is 13.1. The van der Waals surface area contributed by atoms with Crippen LogP contribution in [0.1, 0.15) is 72.1 Å². The van der Waals surface area contributed by atoms with E-state index in [2.05, 4.69) is 19.9 Å². The van der Waals surface area contributed by atoms with Crippen LogP contribution in [0.4, 0.5) is 0 Å². The van der Waals surface area contributed by atoms with Gasteiger partial charge in [-0.05, 0) is 98.7 Å². The summed E-state index contributed by atoms with van der Waals surface area (Å²) in [6, 6.07) is 0. The van der Waals surface area contributed by atoms with Crippen molar-refractivity contribution in [1.29, 1.82) is 0 Å². The normalized spacial score (nSPS) is 47.3. The Labute approximate surface area is 174 Å². The van der Waals surface area contributed by atoms with E-state index in [-0.39, 0.29) is 22.9 Å². The van der Waals surface area contributed by atoms with Crippen LogP contribution in [-0.2, 0) is 25.6 Å². The predicted octanol–water partition coefficient (Wildman–Crippen LogP) is 5.40. The molecule has 0 aromatic rings. The van der Waals surface area contributed by atoms with E-state index in [1.807, 2.05) is 0 Å². The minimum absolute atomic E-state index is 0.0333. The van der Waals surface area contributed by atoms with Gasteiger partial charge in [-0.25, -0.2) is 0 Å². The van der Waals surface area contributed by atoms with Gasteiger partial charge >= 0.3 is 6.72 Å². The number of ketones is 1. The van der Waals surface area contributed by atoms with Gasteiger partial charge in [-0.1, -0.05) is 25.5 Å². The van der Waals surface area contributed by atoms with Crippen LogP contribution in [0.15, 0.2) is 11.6 Å². The molecule has 4 nitrogen and oxygen atoms in total. The highest BCUT2D eigenvalue weighted by molar-refractivity contribution is 8.07. The molecule has 1 N–H and O–H groups in total. The molecule has 4 rings (SSSR count). The first-order valence-electron chi connectivity index (χ1n) is 10.9. The van der Waals surface area contributed by atoms with Crippen molar-refractivity contribution in [3.8, 4) is 0 Å². The lowest BCUT2D eigenvalue weighted by Crippen LogP contribution is -2.51. The van der Waals surface area contributed by atoms with Crippen molar-refractivity contribution < 1.29 is 18.7 Å². The maximum absolute atomic E-state index is 12.3. The third-order valence-electron chi connectivity index (χ3n) is 9.06. The highest BCUT2D eigenvalue weighted by atomic mass is 32.5. The van der Waals surface area contributed by atoms with E-state index in [9.17, 15) is 9.69 Å². The molecule has 4 aliphatic rings. The van der Waals surface area contributed by atoms with Crippen LogP contribution < -0.4 is 0 Å². The third kappa shape index (κ3) is 3.30. The number of carbonyl (C=O) groups excluding carboxylic acids is 1. The number of hydrogen-bond acceptors (Lipinski definition) is 4. The van der Waals surface area contributed by atoms with Crippen LogP contribution >= 0.6 is 6.72 Å². The zero-order valence-electron chi connectivity index (χ0n) is 17.6. The molecule has 0 amide bonds. The van der Waals surface area contributed by atoms with Gasteiger partial charge in [-0.3, -0.25) is 4.79 Å². The van der Waals surface area contributed by atoms with Gasteiger partial charge in [0.15, 0.2) is 0 Å². The number of allylic oxidation sites excluding steroid dienone is 1. The van der Waals surface area contributed by atoms with Gasteiger partial charge in [0.05, 0.1) is 6.10 Å². The van der Waals surface area contributed by atoms with E-state index in [0.29, 0.717) is 23.5 Å². The summed E-state index contributed by atoms with van der Waals surface area (Å²) < 4.78 is 10.8. The van der Waals surface area contributed by atoms with Crippen molar-refractivity contribution in [2.24, 2.45) is 34.5 Å². The van der Waals surface area contributed by atoms with E-state index < -0.39 is 6.72 Å². The maximum Gasteiger partial charge on any atom is 0.324 e. The summed E-state index contributed by atoms with van der Waals surface area (Å²) in [6.07, 6.45) is 11.2. The molecule has 3 saturated carbocycles. The molecule has 0 aromatic heterocycles. The SMILES string of the molecule is COP(O)(=S)O[C@H]1CC[C@@]2(C)C(=CC[C@H]3[C@@H]4CC[C@H](C(C)=O)[C@@]4(C)CC[C@@H]32)C1. The van der Waals surface area contributed by atoms with Crippen molar-refractivity contribution in [2.75, 3.05) is 7.11 Å². The topological polar surface area (TPSA) is 55.8 Å². The average molecular weight is 427 g/mol. The molecule has 0 aromatic carbocycles. The van der Waals surface area contributed by atoms with Crippen LogP contribution in [0.2, 0.25) is 0 Å². The standard InChI is InChI=1S/C22H35O4PS/c1-14(23)18-7-8-19-17-6-5-15-13-16(26-27(24,28)25-4)9-11-21(15,2)20(17)10-12-22(18,19)3/h5,16-20H,6-13H2,1-4H3,(H,24,28)/t16-,17-,18+,19-,20-,21-,22+,27?/m0/s1. The van der Waals surface area contributed by atoms with E-state index in [1.165, 1.54) is 31.9 Å². The summed E-state index contributed by atoms with van der Waals surface area (Å²) >= 11 is 5.06. The van der Waals surface area contributed by atoms with Crippen molar-refractivity contribution in [2.45, 2.75) is 78.2 Å². The Balaban J connectivity index is 1.55. The van der Waals surface area contributed by atoms with Crippen LogP contribution in [-0.4, -0.2) is 23.9 Å². The Morgan fingerprint density at radius 2 is 1.96 bits per heavy atom. The summed E-state index contributed by atoms with van der Waals surface area (Å²) in [5, 5.41) is 0. The second-order valence-corrected chi connectivity index (χ2v) is 13.1. The number of Topliss-reactive ketones (excluding diaryl/α,β-unsaturated/α-hetero) is 1. The first kappa shape index (κ1) is 21.2. The fourth-order valence-electron chi connectivity index (χ4n) is 7.62. The van der Waals surface area contributed by atoms with Crippen LogP contribution in [0.5, 0.6) is 0 Å². The van der Waals surface area contributed by atoms with Crippen LogP contribution in [0, 0.1) is 34.5 Å². The molecule has 28 heavy (non-hydrogen) atoms. The fourth-order valence-corrected chi connectivity index (χ4v) is 8.62. The molecule has 0 heterocycles. The van der Waals surface area contributed by atoms with Crippen molar-refractivity contribution in [1.82, 2.24) is 0 Å². The monoisotopic (exact) mass is 426 g/mol. The molecule has 0 spiro atoms. The minimum Gasteiger partial charge on any atom is -0.324 e. The first-order valence-corrected chi connectivity index (χ1v) is 13.5. The average Bonchev–Trinajstić information content (AvgIpc) is 2.99. The van der Waals surface area contributed by atoms with Gasteiger partial charge in [0.1, 0.15) is 5.78 Å². The molecule has 1 unspecified atom stereocenters. The molecule has 3 fully saturated rings. The quantitative estimate of drug-likeness (QED) is 0.482. The Morgan fingerprint density at radius 1 is 1.21 bits per heavy atom. The molecule has 0 radical (unpaired) electrons. The van der Waals surface area contributed by atoms with Crippen LogP contribution in [0.25, 0.3) is 0 Å². The molecule has 8 atom stereocenters. The fraction of sp³-hybridized carbons (Fsp3) is 0.864. The van der Waals surface area contributed by atoms with Gasteiger partial charge in [-0.2, -0.15) is 0 Å². The van der Waals surface area contributed by atoms with Crippen molar-refractivity contribution >= 4 is 24.3 Å². The van der Waals surface area contributed by atoms with Gasteiger partial charge < -0.3 is 13.9 Å². The van der Waals surface area contributed by atoms with Gasteiger partial charge in [0.25, 0.3) is 0 Å². The van der Waals surface area contributed by atoms with E-state index >= 15 is 0 Å². The van der Waals surface area contributed by atoms with E-state index in [1.54, 1.807) is 6.92 Å². The second-order valence-electron chi connectivity index (χ2n) is 10.2. The molecule has 0 bridgehead atoms. The zero-order valence-corrected chi connectivity index (χ0v) is 19.4. The van der Waals surface area contributed by atoms with Gasteiger partial charge in [0.2, 0.25) is 0 Å². The van der Waals surface area contributed by atoms with Gasteiger partial charge in [0, 0.05) is 13.0 Å². The van der Waals surface area contributed by atoms with Crippen LogP contribution in [0.3, 0.4) is 0 Å². The summed E-state index contributed by atoms with van der Waals surface area (Å²) in [4.78, 5) is 22.3. The molecule has 158 valence electrons. The minimum atomic E-state index is -3.11. The van der Waals surface area contributed by atoms with Crippen molar-refractivity contribution in [3.05, 3.63) is 11.6 Å². The molecule has 0 saturated heterocycles. The Bertz CT molecular complexity index is 736. The summed E-state index contributed by atoms with van der Waals surface area (Å²) in [6.45, 7) is 3.55. The second kappa shape index (κ2) is 7.27. The lowest BCUT2D eigenvalue weighted by Gasteiger charge is -2.58. The summed E-state index contributed by atoms with van der Waals surface area (Å²) in [5.74, 6) is 2.76. The van der Waals surface area contributed by atoms with Crippen molar-refractivity contribution in [3.63, 3.8) is 0 Å². The van der Waals surface area contributed by atoms with E-state index in [0.717, 1.165) is 32.1 Å². The highest BCUT2D eigenvalue weighted by Gasteiger charge is 2.59. The largest absolute Gasteiger partial charge is 0.324 e. The number of fused-ring (bicyclic) bond motifs is 5. The predicted molar refractivity (Wildman–Crippen MR) is 114 cm³/mol. The lowest BCUT2D eigenvalue weighted by molar-refractivity contribution is -0.127. The van der Waals surface area contributed by atoms with Gasteiger partial charge in [-0.15, -0.1) is 0 Å². The highest BCUT2D eigenvalue weighted by Crippen LogP contribution is 2.66. The number of carbonyl (C=O) groups is 1. The molecule has 6 heteroatoms. The Morgan fingerprint density at radius 3 is 2.64 bits per heavy atom. The zero-order chi connectivity index (χ0) is 20.3. The smallest absolute Gasteiger partial charge is 0.324 e. The summed E-state index contributed by atoms with van der Waals surface area (Å²) in [7, 11) is 1.42. The maximum atomic E-state index is 12.3. The Hall–Kier alpha value is -0.0600. The summed E-state index contributed by atoms with van der Waals surface area (Å²) in [5.41, 5.74) is 1.93. The molecular weight excluding hydrogens is 391 g/mol. The lowest BCUT2D eigenvalue weighted by atomic mass is 9.47. The van der Waals surface area contributed by atoms with E-state index in [4.69, 9.17) is 20.9 Å². The molecular formula is C22H35O4PS. The Kier molecular flexibility index (Phi) is 5.50. The number of hydrogen-bond donors (Lipinski definition) is 1. The molecule has 4 aliphatic carbocycles.